The summed E-state index contributed by atoms with van der Waals surface area (Å²) in [5, 5.41) is 1.03. The molecule has 0 saturated heterocycles. The number of halogens is 1. The standard InChI is InChI=1S/C6H14BrOP/c1-9(2,8)6-4-3-5-7/h3-6H2,1-2H3. The van der Waals surface area contributed by atoms with Gasteiger partial charge < -0.3 is 4.57 Å². The number of hydrogen-bond acceptors (Lipinski definition) is 1. The van der Waals surface area contributed by atoms with E-state index >= 15 is 0 Å². The Kier molecular flexibility index (Phi) is 4.87. The molecule has 0 unspecified atom stereocenters. The van der Waals surface area contributed by atoms with Crippen molar-refractivity contribution in [1.82, 2.24) is 0 Å². The first-order valence-corrected chi connectivity index (χ1v) is 7.07. The fourth-order valence-electron chi connectivity index (χ4n) is 0.587. The van der Waals surface area contributed by atoms with Crippen LogP contribution in [0.1, 0.15) is 12.8 Å². The van der Waals surface area contributed by atoms with Crippen molar-refractivity contribution in [2.75, 3.05) is 24.8 Å². The predicted molar refractivity (Wildman–Crippen MR) is 47.3 cm³/mol. The fraction of sp³-hybridized carbons (Fsp3) is 1.00. The molecular formula is C6H14BrOP. The van der Waals surface area contributed by atoms with Crippen LogP contribution in [0.15, 0.2) is 0 Å². The largest absolute Gasteiger partial charge is 0.324 e. The maximum atomic E-state index is 11.1. The molecule has 0 aliphatic rings. The van der Waals surface area contributed by atoms with E-state index in [1.165, 1.54) is 0 Å². The minimum absolute atomic E-state index is 0.901. The van der Waals surface area contributed by atoms with Gasteiger partial charge >= 0.3 is 0 Å². The van der Waals surface area contributed by atoms with E-state index in [2.05, 4.69) is 15.9 Å². The summed E-state index contributed by atoms with van der Waals surface area (Å²) in [5.41, 5.74) is 0. The van der Waals surface area contributed by atoms with E-state index in [-0.39, 0.29) is 0 Å². The molecule has 1 nitrogen and oxygen atoms in total. The van der Waals surface area contributed by atoms with Gasteiger partial charge in [0.05, 0.1) is 7.14 Å². The van der Waals surface area contributed by atoms with Gasteiger partial charge in [-0.25, -0.2) is 0 Å². The Morgan fingerprint density at radius 2 is 1.89 bits per heavy atom. The number of alkyl halides is 1. The third-order valence-electron chi connectivity index (χ3n) is 1.08. The first kappa shape index (κ1) is 9.71. The molecule has 0 rings (SSSR count). The van der Waals surface area contributed by atoms with Crippen LogP contribution in [-0.4, -0.2) is 24.8 Å². The Bertz CT molecular complexity index is 108. The molecule has 0 heterocycles. The smallest absolute Gasteiger partial charge is 0.0819 e. The topological polar surface area (TPSA) is 17.1 Å². The van der Waals surface area contributed by atoms with E-state index in [4.69, 9.17) is 0 Å². The van der Waals surface area contributed by atoms with Gasteiger partial charge in [0.2, 0.25) is 0 Å². The molecular weight excluding hydrogens is 199 g/mol. The zero-order valence-corrected chi connectivity index (χ0v) is 8.54. The van der Waals surface area contributed by atoms with Crippen LogP contribution in [0.3, 0.4) is 0 Å². The molecule has 0 N–H and O–H groups in total. The fourth-order valence-corrected chi connectivity index (χ4v) is 1.97. The van der Waals surface area contributed by atoms with Gasteiger partial charge in [0, 0.05) is 11.5 Å². The third-order valence-corrected chi connectivity index (χ3v) is 3.03. The second kappa shape index (κ2) is 4.51. The Morgan fingerprint density at radius 1 is 1.33 bits per heavy atom. The van der Waals surface area contributed by atoms with Gasteiger partial charge in [-0.05, 0) is 26.2 Å². The van der Waals surface area contributed by atoms with Crippen LogP contribution >= 0.6 is 23.1 Å². The number of hydrogen-bond donors (Lipinski definition) is 0. The van der Waals surface area contributed by atoms with Crippen LogP contribution in [0.25, 0.3) is 0 Å². The molecule has 0 saturated carbocycles. The molecule has 0 aromatic carbocycles. The van der Waals surface area contributed by atoms with Crippen LogP contribution < -0.4 is 0 Å². The lowest BCUT2D eigenvalue weighted by Crippen LogP contribution is -1.86. The molecule has 0 fully saturated rings. The highest BCUT2D eigenvalue weighted by Gasteiger charge is 2.04. The van der Waals surface area contributed by atoms with E-state index in [0.29, 0.717) is 0 Å². The van der Waals surface area contributed by atoms with Crippen LogP contribution in [0.5, 0.6) is 0 Å². The van der Waals surface area contributed by atoms with Crippen molar-refractivity contribution in [3.8, 4) is 0 Å². The maximum absolute atomic E-state index is 11.1. The molecule has 3 heteroatoms. The second-order valence-electron chi connectivity index (χ2n) is 2.69. The van der Waals surface area contributed by atoms with E-state index in [1.807, 2.05) is 13.3 Å². The monoisotopic (exact) mass is 212 g/mol. The Balaban J connectivity index is 3.18. The second-order valence-corrected chi connectivity index (χ2v) is 7.08. The van der Waals surface area contributed by atoms with Crippen molar-refractivity contribution >= 4 is 23.1 Å². The Labute approximate surface area is 65.7 Å². The summed E-state index contributed by atoms with van der Waals surface area (Å²) in [6, 6.07) is 0. The lowest BCUT2D eigenvalue weighted by atomic mass is 10.4. The van der Waals surface area contributed by atoms with Crippen molar-refractivity contribution in [3.63, 3.8) is 0 Å². The summed E-state index contributed by atoms with van der Waals surface area (Å²) >= 11 is 3.33. The predicted octanol–water partition coefficient (Wildman–Crippen LogP) is 2.78. The van der Waals surface area contributed by atoms with Crippen LogP contribution in [-0.2, 0) is 4.57 Å². The Hall–Kier alpha value is 0.710. The first-order valence-electron chi connectivity index (χ1n) is 3.16. The highest BCUT2D eigenvalue weighted by atomic mass is 79.9. The van der Waals surface area contributed by atoms with E-state index in [1.54, 1.807) is 0 Å². The highest BCUT2D eigenvalue weighted by molar-refractivity contribution is 9.09. The lowest BCUT2D eigenvalue weighted by Gasteiger charge is -2.03. The van der Waals surface area contributed by atoms with Gasteiger partial charge in [0.1, 0.15) is 0 Å². The summed E-state index contributed by atoms with van der Waals surface area (Å²) in [5.74, 6) is 0. The lowest BCUT2D eigenvalue weighted by molar-refractivity contribution is 0.580. The molecule has 0 spiro atoms. The van der Waals surface area contributed by atoms with Crippen molar-refractivity contribution in [2.45, 2.75) is 12.8 Å². The summed E-state index contributed by atoms with van der Waals surface area (Å²) in [6.45, 7) is 3.70. The van der Waals surface area contributed by atoms with Gasteiger partial charge in [-0.15, -0.1) is 0 Å². The SMILES string of the molecule is CP(C)(=O)CCCCBr. The summed E-state index contributed by atoms with van der Waals surface area (Å²) in [6.07, 6.45) is 3.14. The van der Waals surface area contributed by atoms with E-state index < -0.39 is 7.14 Å². The van der Waals surface area contributed by atoms with E-state index in [0.717, 1.165) is 24.3 Å². The van der Waals surface area contributed by atoms with Crippen LogP contribution in [0.4, 0.5) is 0 Å². The summed E-state index contributed by atoms with van der Waals surface area (Å²) in [7, 11) is -1.72. The van der Waals surface area contributed by atoms with E-state index in [9.17, 15) is 4.57 Å². The quantitative estimate of drug-likeness (QED) is 0.398. The van der Waals surface area contributed by atoms with Crippen LogP contribution in [0.2, 0.25) is 0 Å². The van der Waals surface area contributed by atoms with Gasteiger partial charge in [-0.3, -0.25) is 0 Å². The van der Waals surface area contributed by atoms with Crippen molar-refractivity contribution in [3.05, 3.63) is 0 Å². The molecule has 0 aliphatic heterocycles. The van der Waals surface area contributed by atoms with Crippen molar-refractivity contribution in [1.29, 1.82) is 0 Å². The van der Waals surface area contributed by atoms with Crippen LogP contribution in [0, 0.1) is 0 Å². The van der Waals surface area contributed by atoms with Gasteiger partial charge in [-0.1, -0.05) is 15.9 Å². The summed E-state index contributed by atoms with van der Waals surface area (Å²) in [4.78, 5) is 0. The average molecular weight is 213 g/mol. The number of unbranched alkanes of at least 4 members (excludes halogenated alkanes) is 1. The molecule has 0 radical (unpaired) electrons. The molecule has 0 atom stereocenters. The molecule has 56 valence electrons. The highest BCUT2D eigenvalue weighted by Crippen LogP contribution is 2.36. The van der Waals surface area contributed by atoms with Crippen molar-refractivity contribution < 1.29 is 4.57 Å². The molecule has 0 amide bonds. The molecule has 9 heavy (non-hydrogen) atoms. The van der Waals surface area contributed by atoms with Gasteiger partial charge in [0.25, 0.3) is 0 Å². The molecule has 0 bridgehead atoms. The van der Waals surface area contributed by atoms with Gasteiger partial charge in [0.15, 0.2) is 0 Å². The number of rotatable bonds is 4. The van der Waals surface area contributed by atoms with Crippen molar-refractivity contribution in [2.24, 2.45) is 0 Å². The summed E-state index contributed by atoms with van der Waals surface area (Å²) < 4.78 is 11.1. The maximum Gasteiger partial charge on any atom is 0.0819 e. The average Bonchev–Trinajstić information content (AvgIpc) is 1.63. The minimum atomic E-state index is -1.72. The third kappa shape index (κ3) is 8.71. The molecule has 0 aromatic heterocycles. The first-order chi connectivity index (χ1) is 4.06. The Morgan fingerprint density at radius 3 is 2.22 bits per heavy atom. The normalized spacial score (nSPS) is 11.9. The molecule has 0 aromatic rings. The zero-order chi connectivity index (χ0) is 7.33. The van der Waals surface area contributed by atoms with Gasteiger partial charge in [-0.2, -0.15) is 0 Å². The zero-order valence-electron chi connectivity index (χ0n) is 6.06. The minimum Gasteiger partial charge on any atom is -0.324 e. The molecule has 0 aliphatic carbocycles.